The number of nitrogens with two attached hydrogens (primary N) is 1. The molecular formula is C22H39BN4O5. The lowest BCUT2D eigenvalue weighted by Crippen LogP contribution is -2.57. The van der Waals surface area contributed by atoms with Crippen molar-refractivity contribution < 1.29 is 24.4 Å². The summed E-state index contributed by atoms with van der Waals surface area (Å²) in [6.07, 6.45) is 7.85. The second-order valence-corrected chi connectivity index (χ2v) is 9.38. The Morgan fingerprint density at radius 2 is 1.84 bits per heavy atom. The minimum atomic E-state index is -1.62. The quantitative estimate of drug-likeness (QED) is 0.274. The summed E-state index contributed by atoms with van der Waals surface area (Å²) >= 11 is 0. The highest BCUT2D eigenvalue weighted by Gasteiger charge is 2.40. The first-order chi connectivity index (χ1) is 15.2. The molecule has 180 valence electrons. The van der Waals surface area contributed by atoms with Crippen LogP contribution in [0.4, 0.5) is 0 Å². The van der Waals surface area contributed by atoms with Gasteiger partial charge in [-0.25, -0.2) is 0 Å². The first-order valence-corrected chi connectivity index (χ1v) is 11.8. The van der Waals surface area contributed by atoms with Gasteiger partial charge in [-0.3, -0.25) is 14.4 Å². The van der Waals surface area contributed by atoms with E-state index < -0.39 is 31.1 Å². The van der Waals surface area contributed by atoms with E-state index in [2.05, 4.69) is 11.9 Å². The van der Waals surface area contributed by atoms with Crippen molar-refractivity contribution in [2.24, 2.45) is 17.6 Å². The Balaban J connectivity index is 2.03. The van der Waals surface area contributed by atoms with Crippen molar-refractivity contribution in [1.29, 1.82) is 0 Å². The van der Waals surface area contributed by atoms with E-state index in [1.807, 2.05) is 13.8 Å². The van der Waals surface area contributed by atoms with Crippen molar-refractivity contribution in [2.45, 2.75) is 76.8 Å². The van der Waals surface area contributed by atoms with Crippen LogP contribution in [0.5, 0.6) is 0 Å². The zero-order valence-corrected chi connectivity index (χ0v) is 19.4. The molecule has 1 unspecified atom stereocenters. The van der Waals surface area contributed by atoms with Crippen LogP contribution >= 0.6 is 0 Å². The molecular weight excluding hydrogens is 411 g/mol. The zero-order valence-electron chi connectivity index (χ0n) is 19.4. The average molecular weight is 450 g/mol. The summed E-state index contributed by atoms with van der Waals surface area (Å²) in [7, 11) is -1.62. The fourth-order valence-corrected chi connectivity index (χ4v) is 4.75. The number of hydrogen-bond acceptors (Lipinski definition) is 6. The largest absolute Gasteiger partial charge is 0.475 e. The summed E-state index contributed by atoms with van der Waals surface area (Å²) in [5.74, 6) is -1.84. The summed E-state index contributed by atoms with van der Waals surface area (Å²) in [4.78, 5) is 41.7. The Morgan fingerprint density at radius 1 is 1.19 bits per heavy atom. The summed E-state index contributed by atoms with van der Waals surface area (Å²) in [6, 6.07) is -1.48. The fourth-order valence-electron chi connectivity index (χ4n) is 4.75. The van der Waals surface area contributed by atoms with Gasteiger partial charge in [0.05, 0.1) is 18.5 Å². The molecule has 2 rings (SSSR count). The number of rotatable bonds is 10. The van der Waals surface area contributed by atoms with Gasteiger partial charge >= 0.3 is 7.12 Å². The Kier molecular flexibility index (Phi) is 10.2. The van der Waals surface area contributed by atoms with E-state index in [0.717, 1.165) is 32.1 Å². The van der Waals surface area contributed by atoms with Crippen molar-refractivity contribution >= 4 is 24.8 Å². The van der Waals surface area contributed by atoms with E-state index in [9.17, 15) is 24.4 Å². The highest BCUT2D eigenvalue weighted by molar-refractivity contribution is 6.43. The first-order valence-electron chi connectivity index (χ1n) is 11.8. The molecule has 2 aliphatic rings. The van der Waals surface area contributed by atoms with Crippen LogP contribution in [0.25, 0.3) is 0 Å². The van der Waals surface area contributed by atoms with Gasteiger partial charge in [-0.05, 0) is 37.5 Å². The predicted octanol–water partition coefficient (Wildman–Crippen LogP) is 0.0524. The average Bonchev–Trinajstić information content (AvgIpc) is 3.26. The van der Waals surface area contributed by atoms with Gasteiger partial charge in [-0.1, -0.05) is 39.2 Å². The Labute approximate surface area is 191 Å². The smallest absolute Gasteiger partial charge is 0.426 e. The van der Waals surface area contributed by atoms with Crippen molar-refractivity contribution in [3.63, 3.8) is 0 Å². The van der Waals surface area contributed by atoms with Crippen LogP contribution in [0.15, 0.2) is 12.7 Å². The molecule has 1 saturated heterocycles. The zero-order chi connectivity index (χ0) is 23.8. The maximum Gasteiger partial charge on any atom is 0.475 e. The van der Waals surface area contributed by atoms with Gasteiger partial charge < -0.3 is 30.9 Å². The fraction of sp³-hybridized carbons (Fsp3) is 0.773. The molecule has 1 saturated carbocycles. The molecule has 3 atom stereocenters. The number of hydrogen-bond donors (Lipinski definition) is 4. The highest BCUT2D eigenvalue weighted by Crippen LogP contribution is 2.26. The van der Waals surface area contributed by atoms with E-state index in [-0.39, 0.29) is 36.7 Å². The number of likely N-dealkylation sites (tertiary alicyclic amines) is 1. The Morgan fingerprint density at radius 3 is 2.41 bits per heavy atom. The third kappa shape index (κ3) is 6.79. The predicted molar refractivity (Wildman–Crippen MR) is 123 cm³/mol. The van der Waals surface area contributed by atoms with Gasteiger partial charge in [0.15, 0.2) is 0 Å². The normalized spacial score (nSPS) is 21.2. The minimum absolute atomic E-state index is 0.119. The van der Waals surface area contributed by atoms with Gasteiger partial charge in [0, 0.05) is 13.1 Å². The number of nitrogens with one attached hydrogen (secondary N) is 1. The molecule has 0 spiro atoms. The molecule has 0 radical (unpaired) electrons. The van der Waals surface area contributed by atoms with Crippen LogP contribution in [-0.4, -0.2) is 82.3 Å². The lowest BCUT2D eigenvalue weighted by molar-refractivity contribution is -0.140. The van der Waals surface area contributed by atoms with E-state index in [4.69, 9.17) is 5.73 Å². The van der Waals surface area contributed by atoms with Crippen molar-refractivity contribution in [3.8, 4) is 0 Å². The Hall–Kier alpha value is -1.91. The number of nitrogens with zero attached hydrogens (tertiary/aromatic N) is 2. The summed E-state index contributed by atoms with van der Waals surface area (Å²) in [5.41, 5.74) is 6.26. The van der Waals surface area contributed by atoms with E-state index in [0.29, 0.717) is 19.4 Å². The summed E-state index contributed by atoms with van der Waals surface area (Å²) < 4.78 is 0. The first kappa shape index (κ1) is 26.3. The standard InChI is InChI=1S/C22H39BN4O5/c1-4-12-26(21(29)19(24)16-9-6-5-7-10-16)14-18(28)25-20(15(2)3)22(30)27-13-8-11-17(27)23(31)32/h4,15-17,19-20,31-32H,1,5-14,24H2,2-3H3,(H,25,28)/t17?,19-,20-/m0/s1. The molecule has 2 fully saturated rings. The molecule has 1 heterocycles. The molecule has 10 heteroatoms. The van der Waals surface area contributed by atoms with Crippen molar-refractivity contribution in [1.82, 2.24) is 15.1 Å². The maximum absolute atomic E-state index is 13.1. The SMILES string of the molecule is C=CCN(CC(=O)N[C@H](C(=O)N1CCCC1B(O)O)C(C)C)C(=O)[C@@H](N)C1CCCCC1. The molecule has 3 amide bonds. The highest BCUT2D eigenvalue weighted by atomic mass is 16.4. The maximum atomic E-state index is 13.1. The van der Waals surface area contributed by atoms with Crippen LogP contribution in [0.1, 0.15) is 58.8 Å². The molecule has 1 aliphatic heterocycles. The topological polar surface area (TPSA) is 136 Å². The number of amides is 3. The summed E-state index contributed by atoms with van der Waals surface area (Å²) in [6.45, 7) is 7.70. The second kappa shape index (κ2) is 12.4. The van der Waals surface area contributed by atoms with Crippen LogP contribution in [0, 0.1) is 11.8 Å². The van der Waals surface area contributed by atoms with Gasteiger partial charge in [-0.2, -0.15) is 0 Å². The van der Waals surface area contributed by atoms with Crippen LogP contribution in [0.3, 0.4) is 0 Å². The van der Waals surface area contributed by atoms with E-state index in [1.165, 1.54) is 9.80 Å². The van der Waals surface area contributed by atoms with Crippen molar-refractivity contribution in [2.75, 3.05) is 19.6 Å². The molecule has 32 heavy (non-hydrogen) atoms. The third-order valence-corrected chi connectivity index (χ3v) is 6.61. The van der Waals surface area contributed by atoms with Gasteiger partial charge in [0.2, 0.25) is 17.7 Å². The van der Waals surface area contributed by atoms with Crippen molar-refractivity contribution in [3.05, 3.63) is 12.7 Å². The number of carbonyl (C=O) groups excluding carboxylic acids is 3. The molecule has 5 N–H and O–H groups in total. The Bertz CT molecular complexity index is 669. The molecule has 0 bridgehead atoms. The van der Waals surface area contributed by atoms with Gasteiger partial charge in [-0.15, -0.1) is 6.58 Å². The minimum Gasteiger partial charge on any atom is -0.426 e. The van der Waals surface area contributed by atoms with Crippen LogP contribution in [0.2, 0.25) is 0 Å². The van der Waals surface area contributed by atoms with Crippen LogP contribution < -0.4 is 11.1 Å². The molecule has 1 aliphatic carbocycles. The van der Waals surface area contributed by atoms with Crippen LogP contribution in [-0.2, 0) is 14.4 Å². The molecule has 9 nitrogen and oxygen atoms in total. The lowest BCUT2D eigenvalue weighted by atomic mass is 9.77. The number of carbonyl (C=O) groups is 3. The summed E-state index contributed by atoms with van der Waals surface area (Å²) in [5, 5.41) is 21.9. The van der Waals surface area contributed by atoms with E-state index >= 15 is 0 Å². The monoisotopic (exact) mass is 450 g/mol. The van der Waals surface area contributed by atoms with Gasteiger partial charge in [0.1, 0.15) is 6.04 Å². The molecule has 0 aromatic carbocycles. The third-order valence-electron chi connectivity index (χ3n) is 6.61. The molecule has 0 aromatic rings. The second-order valence-electron chi connectivity index (χ2n) is 9.38. The van der Waals surface area contributed by atoms with E-state index in [1.54, 1.807) is 6.08 Å². The van der Waals surface area contributed by atoms with Gasteiger partial charge in [0.25, 0.3) is 0 Å². The molecule has 0 aromatic heterocycles. The lowest BCUT2D eigenvalue weighted by Gasteiger charge is -2.32.